The van der Waals surface area contributed by atoms with E-state index in [-0.39, 0.29) is 5.91 Å². The zero-order chi connectivity index (χ0) is 19.8. The van der Waals surface area contributed by atoms with Gasteiger partial charge in [-0.05, 0) is 43.1 Å². The minimum absolute atomic E-state index is 0.287. The summed E-state index contributed by atoms with van der Waals surface area (Å²) in [7, 11) is 1.64. The number of carbonyl (C=O) groups is 1. The van der Waals surface area contributed by atoms with E-state index in [9.17, 15) is 4.79 Å². The van der Waals surface area contributed by atoms with Crippen molar-refractivity contribution < 1.29 is 14.3 Å². The predicted molar refractivity (Wildman–Crippen MR) is 109 cm³/mol. The number of amides is 1. The standard InChI is InChI=1S/C21H26ClN3O3/c1-27-19-12-16(13-23-9-3-11-25-10-2-4-21(25)26)5-7-18(19)28-15-17-6-8-20(22)24-14-17/h5-8,12,14,23H,2-4,9-11,13,15H2,1H3. The van der Waals surface area contributed by atoms with Crippen LogP contribution in [0.5, 0.6) is 11.5 Å². The van der Waals surface area contributed by atoms with Crippen LogP contribution in [0, 0.1) is 0 Å². The van der Waals surface area contributed by atoms with Crippen LogP contribution in [0.3, 0.4) is 0 Å². The van der Waals surface area contributed by atoms with Crippen LogP contribution >= 0.6 is 11.6 Å². The summed E-state index contributed by atoms with van der Waals surface area (Å²) < 4.78 is 11.3. The molecule has 6 nitrogen and oxygen atoms in total. The van der Waals surface area contributed by atoms with Gasteiger partial charge in [-0.1, -0.05) is 23.7 Å². The molecule has 1 saturated heterocycles. The summed E-state index contributed by atoms with van der Waals surface area (Å²) in [6.45, 7) is 3.75. The molecule has 0 bridgehead atoms. The molecule has 0 aliphatic carbocycles. The Kier molecular flexibility index (Phi) is 7.51. The number of hydrogen-bond acceptors (Lipinski definition) is 5. The van der Waals surface area contributed by atoms with E-state index in [0.29, 0.717) is 29.7 Å². The van der Waals surface area contributed by atoms with Gasteiger partial charge in [0.25, 0.3) is 0 Å². The third kappa shape index (κ3) is 5.84. The number of benzene rings is 1. The van der Waals surface area contributed by atoms with Gasteiger partial charge in [0.05, 0.1) is 7.11 Å². The second kappa shape index (κ2) is 10.3. The molecule has 1 amide bonds. The lowest BCUT2D eigenvalue weighted by molar-refractivity contribution is -0.127. The topological polar surface area (TPSA) is 63.7 Å². The Balaban J connectivity index is 1.44. The average Bonchev–Trinajstić information content (AvgIpc) is 3.12. The quantitative estimate of drug-likeness (QED) is 0.486. The lowest BCUT2D eigenvalue weighted by Crippen LogP contribution is -2.28. The summed E-state index contributed by atoms with van der Waals surface area (Å²) in [5.74, 6) is 1.67. The number of ether oxygens (including phenoxy) is 2. The van der Waals surface area contributed by atoms with Crippen molar-refractivity contribution in [2.24, 2.45) is 0 Å². The number of nitrogens with one attached hydrogen (secondary N) is 1. The highest BCUT2D eigenvalue weighted by Gasteiger charge is 2.18. The first-order chi connectivity index (χ1) is 13.7. The molecular formula is C21H26ClN3O3. The van der Waals surface area contributed by atoms with E-state index in [1.54, 1.807) is 19.4 Å². The first-order valence-electron chi connectivity index (χ1n) is 9.54. The number of rotatable bonds is 10. The average molecular weight is 404 g/mol. The van der Waals surface area contributed by atoms with Crippen LogP contribution < -0.4 is 14.8 Å². The Bertz CT molecular complexity index is 783. The van der Waals surface area contributed by atoms with Crippen molar-refractivity contribution in [2.75, 3.05) is 26.7 Å². The Hall–Kier alpha value is -2.31. The molecule has 0 unspecified atom stereocenters. The highest BCUT2D eigenvalue weighted by Crippen LogP contribution is 2.29. The molecular weight excluding hydrogens is 378 g/mol. The van der Waals surface area contributed by atoms with E-state index in [0.717, 1.165) is 50.1 Å². The van der Waals surface area contributed by atoms with Crippen molar-refractivity contribution in [3.8, 4) is 11.5 Å². The number of carbonyl (C=O) groups excluding carboxylic acids is 1. The fraction of sp³-hybridized carbons (Fsp3) is 0.429. The summed E-state index contributed by atoms with van der Waals surface area (Å²) >= 11 is 5.80. The largest absolute Gasteiger partial charge is 0.493 e. The maximum atomic E-state index is 11.6. The van der Waals surface area contributed by atoms with Gasteiger partial charge in [0.2, 0.25) is 5.91 Å². The molecule has 1 N–H and O–H groups in total. The summed E-state index contributed by atoms with van der Waals surface area (Å²) in [6, 6.07) is 9.55. The normalized spacial score (nSPS) is 13.8. The molecule has 1 aromatic heterocycles. The molecule has 7 heteroatoms. The molecule has 28 heavy (non-hydrogen) atoms. The Morgan fingerprint density at radius 2 is 2.07 bits per heavy atom. The van der Waals surface area contributed by atoms with E-state index in [1.165, 1.54) is 0 Å². The van der Waals surface area contributed by atoms with Crippen molar-refractivity contribution in [1.82, 2.24) is 15.2 Å². The molecule has 0 spiro atoms. The fourth-order valence-electron chi connectivity index (χ4n) is 3.16. The molecule has 1 aliphatic rings. The second-order valence-corrected chi connectivity index (χ2v) is 7.16. The third-order valence-electron chi connectivity index (χ3n) is 4.69. The summed E-state index contributed by atoms with van der Waals surface area (Å²) in [5.41, 5.74) is 2.06. The highest BCUT2D eigenvalue weighted by molar-refractivity contribution is 6.29. The van der Waals surface area contributed by atoms with Crippen molar-refractivity contribution in [1.29, 1.82) is 0 Å². The monoisotopic (exact) mass is 403 g/mol. The summed E-state index contributed by atoms with van der Waals surface area (Å²) in [5, 5.41) is 3.88. The van der Waals surface area contributed by atoms with Crippen LogP contribution in [0.2, 0.25) is 5.15 Å². The van der Waals surface area contributed by atoms with Gasteiger partial charge in [-0.25, -0.2) is 4.98 Å². The van der Waals surface area contributed by atoms with E-state index in [1.807, 2.05) is 29.2 Å². The number of methoxy groups -OCH3 is 1. The van der Waals surface area contributed by atoms with Crippen LogP contribution in [0.25, 0.3) is 0 Å². The number of pyridine rings is 1. The zero-order valence-electron chi connectivity index (χ0n) is 16.1. The molecule has 2 aromatic rings. The SMILES string of the molecule is COc1cc(CNCCCN2CCCC2=O)ccc1OCc1ccc(Cl)nc1. The van der Waals surface area contributed by atoms with Gasteiger partial charge in [-0.3, -0.25) is 4.79 Å². The van der Waals surface area contributed by atoms with Crippen molar-refractivity contribution >= 4 is 17.5 Å². The molecule has 0 radical (unpaired) electrons. The van der Waals surface area contributed by atoms with E-state index in [2.05, 4.69) is 10.3 Å². The van der Waals surface area contributed by atoms with Crippen LogP contribution in [-0.4, -0.2) is 42.5 Å². The van der Waals surface area contributed by atoms with Gasteiger partial charge >= 0.3 is 0 Å². The molecule has 1 fully saturated rings. The molecule has 0 atom stereocenters. The van der Waals surface area contributed by atoms with Gasteiger partial charge in [-0.15, -0.1) is 0 Å². The van der Waals surface area contributed by atoms with Crippen molar-refractivity contribution in [3.05, 3.63) is 52.8 Å². The molecule has 0 saturated carbocycles. The van der Waals surface area contributed by atoms with Gasteiger partial charge in [0.15, 0.2) is 11.5 Å². The lowest BCUT2D eigenvalue weighted by Gasteiger charge is -2.15. The number of aromatic nitrogens is 1. The highest BCUT2D eigenvalue weighted by atomic mass is 35.5. The molecule has 1 aromatic carbocycles. The molecule has 150 valence electrons. The van der Waals surface area contributed by atoms with E-state index < -0.39 is 0 Å². The lowest BCUT2D eigenvalue weighted by atomic mass is 10.2. The van der Waals surface area contributed by atoms with Crippen LogP contribution in [0.4, 0.5) is 0 Å². The molecule has 1 aliphatic heterocycles. The van der Waals surface area contributed by atoms with Gasteiger partial charge in [0.1, 0.15) is 11.8 Å². The van der Waals surface area contributed by atoms with Crippen molar-refractivity contribution in [2.45, 2.75) is 32.4 Å². The first-order valence-corrected chi connectivity index (χ1v) is 9.92. The summed E-state index contributed by atoms with van der Waals surface area (Å²) in [4.78, 5) is 17.6. The Labute approximate surface area is 170 Å². The van der Waals surface area contributed by atoms with Crippen LogP contribution in [0.15, 0.2) is 36.5 Å². The zero-order valence-corrected chi connectivity index (χ0v) is 16.9. The minimum Gasteiger partial charge on any atom is -0.493 e. The van der Waals surface area contributed by atoms with Gasteiger partial charge in [-0.2, -0.15) is 0 Å². The number of nitrogens with zero attached hydrogens (tertiary/aromatic N) is 2. The number of likely N-dealkylation sites (tertiary alicyclic amines) is 1. The predicted octanol–water partition coefficient (Wildman–Crippen LogP) is 3.42. The maximum Gasteiger partial charge on any atom is 0.222 e. The van der Waals surface area contributed by atoms with Gasteiger partial charge in [0, 0.05) is 37.8 Å². The Morgan fingerprint density at radius 1 is 1.21 bits per heavy atom. The maximum absolute atomic E-state index is 11.6. The van der Waals surface area contributed by atoms with Crippen molar-refractivity contribution in [3.63, 3.8) is 0 Å². The summed E-state index contributed by atoms with van der Waals surface area (Å²) in [6.07, 6.45) is 4.35. The van der Waals surface area contributed by atoms with Crippen LogP contribution in [-0.2, 0) is 17.9 Å². The molecule has 3 rings (SSSR count). The van der Waals surface area contributed by atoms with E-state index in [4.69, 9.17) is 21.1 Å². The van der Waals surface area contributed by atoms with Crippen LogP contribution in [0.1, 0.15) is 30.4 Å². The Morgan fingerprint density at radius 3 is 2.79 bits per heavy atom. The fourth-order valence-corrected chi connectivity index (χ4v) is 3.27. The smallest absolute Gasteiger partial charge is 0.222 e. The minimum atomic E-state index is 0.287. The first kappa shape index (κ1) is 20.4. The third-order valence-corrected chi connectivity index (χ3v) is 4.92. The number of hydrogen-bond donors (Lipinski definition) is 1. The van der Waals surface area contributed by atoms with E-state index >= 15 is 0 Å². The second-order valence-electron chi connectivity index (χ2n) is 6.78. The van der Waals surface area contributed by atoms with Gasteiger partial charge < -0.3 is 19.7 Å². The number of halogens is 1. The molecule has 2 heterocycles.